The predicted molar refractivity (Wildman–Crippen MR) is 63.0 cm³/mol. The Bertz CT molecular complexity index is 530. The molecule has 1 aliphatic rings. The van der Waals surface area contributed by atoms with Gasteiger partial charge in [-0.15, -0.1) is 0 Å². The van der Waals surface area contributed by atoms with E-state index in [0.29, 0.717) is 6.04 Å². The van der Waals surface area contributed by atoms with Crippen LogP contribution in [0.5, 0.6) is 0 Å². The van der Waals surface area contributed by atoms with Crippen LogP contribution in [0.15, 0.2) is 18.2 Å². The Morgan fingerprint density at radius 3 is 3.12 bits per heavy atom. The van der Waals surface area contributed by atoms with E-state index in [1.807, 2.05) is 13.1 Å². The Morgan fingerprint density at radius 1 is 1.44 bits per heavy atom. The minimum Gasteiger partial charge on any atom is -0.357 e. The van der Waals surface area contributed by atoms with Gasteiger partial charge in [-0.25, -0.2) is 4.39 Å². The molecule has 0 spiro atoms. The molecule has 1 aromatic carbocycles. The van der Waals surface area contributed by atoms with Gasteiger partial charge < -0.3 is 10.3 Å². The lowest BCUT2D eigenvalue weighted by Gasteiger charge is -2.21. The Balaban J connectivity index is 2.24. The van der Waals surface area contributed by atoms with Crippen LogP contribution in [0.4, 0.5) is 4.39 Å². The summed E-state index contributed by atoms with van der Waals surface area (Å²) >= 11 is 0. The van der Waals surface area contributed by atoms with Gasteiger partial charge in [0, 0.05) is 22.6 Å². The van der Waals surface area contributed by atoms with E-state index >= 15 is 0 Å². The van der Waals surface area contributed by atoms with E-state index in [2.05, 4.69) is 10.3 Å². The quantitative estimate of drug-likeness (QED) is 0.756. The van der Waals surface area contributed by atoms with Crippen LogP contribution >= 0.6 is 0 Å². The molecule has 0 saturated carbocycles. The summed E-state index contributed by atoms with van der Waals surface area (Å²) in [5.41, 5.74) is 3.59. The topological polar surface area (TPSA) is 27.8 Å². The van der Waals surface area contributed by atoms with Crippen molar-refractivity contribution in [3.05, 3.63) is 35.3 Å². The normalized spacial score (nSPS) is 20.0. The van der Waals surface area contributed by atoms with Crippen molar-refractivity contribution in [2.75, 3.05) is 7.05 Å². The highest BCUT2D eigenvalue weighted by atomic mass is 19.1. The minimum absolute atomic E-state index is 0.152. The number of aromatic amines is 1. The van der Waals surface area contributed by atoms with Crippen molar-refractivity contribution in [2.45, 2.75) is 25.3 Å². The molecule has 3 rings (SSSR count). The number of aryl methyl sites for hydroxylation is 1. The number of rotatable bonds is 1. The van der Waals surface area contributed by atoms with Gasteiger partial charge in [-0.1, -0.05) is 0 Å². The van der Waals surface area contributed by atoms with E-state index in [0.717, 1.165) is 23.7 Å². The summed E-state index contributed by atoms with van der Waals surface area (Å²) in [5, 5.41) is 4.36. The fraction of sp³-hybridized carbons (Fsp3) is 0.385. The van der Waals surface area contributed by atoms with Crippen LogP contribution in [0.25, 0.3) is 10.9 Å². The molecular weight excluding hydrogens is 203 g/mol. The van der Waals surface area contributed by atoms with E-state index in [4.69, 9.17) is 0 Å². The van der Waals surface area contributed by atoms with Crippen LogP contribution in [-0.2, 0) is 6.42 Å². The number of hydrogen-bond acceptors (Lipinski definition) is 1. The molecule has 1 aliphatic carbocycles. The molecule has 2 aromatic rings. The maximum absolute atomic E-state index is 13.2. The molecule has 1 atom stereocenters. The lowest BCUT2D eigenvalue weighted by molar-refractivity contribution is 0.489. The second-order valence-electron chi connectivity index (χ2n) is 4.44. The molecule has 1 heterocycles. The number of nitrogens with one attached hydrogen (secondary N) is 2. The summed E-state index contributed by atoms with van der Waals surface area (Å²) in [4.78, 5) is 3.42. The van der Waals surface area contributed by atoms with E-state index < -0.39 is 0 Å². The second kappa shape index (κ2) is 3.59. The maximum Gasteiger partial charge on any atom is 0.123 e. The fourth-order valence-corrected chi connectivity index (χ4v) is 2.72. The molecule has 2 N–H and O–H groups in total. The van der Waals surface area contributed by atoms with Crippen LogP contribution in [-0.4, -0.2) is 12.0 Å². The number of aromatic nitrogens is 1. The molecule has 0 aliphatic heterocycles. The van der Waals surface area contributed by atoms with Crippen LogP contribution in [0.3, 0.4) is 0 Å². The van der Waals surface area contributed by atoms with E-state index in [9.17, 15) is 4.39 Å². The molecule has 0 amide bonds. The number of halogens is 1. The van der Waals surface area contributed by atoms with Crippen molar-refractivity contribution in [1.29, 1.82) is 0 Å². The third-order valence-corrected chi connectivity index (χ3v) is 3.52. The van der Waals surface area contributed by atoms with Crippen molar-refractivity contribution < 1.29 is 4.39 Å². The first-order valence-electron chi connectivity index (χ1n) is 5.77. The van der Waals surface area contributed by atoms with Gasteiger partial charge in [0.05, 0.1) is 0 Å². The molecular formula is C13H15FN2. The Labute approximate surface area is 93.9 Å². The first-order chi connectivity index (χ1) is 7.79. The molecule has 2 nitrogen and oxygen atoms in total. The molecule has 16 heavy (non-hydrogen) atoms. The summed E-state index contributed by atoms with van der Waals surface area (Å²) < 4.78 is 13.2. The zero-order valence-corrected chi connectivity index (χ0v) is 9.31. The first-order valence-corrected chi connectivity index (χ1v) is 5.77. The minimum atomic E-state index is -0.152. The number of fused-ring (bicyclic) bond motifs is 3. The van der Waals surface area contributed by atoms with Crippen molar-refractivity contribution in [1.82, 2.24) is 10.3 Å². The first kappa shape index (κ1) is 9.85. The molecule has 1 unspecified atom stereocenters. The molecule has 0 fully saturated rings. The standard InChI is InChI=1S/C13H15FN2/c1-15-12-4-2-3-9-10-7-8(14)5-6-11(10)16-13(9)12/h5-7,12,15-16H,2-4H2,1H3. The Morgan fingerprint density at radius 2 is 2.31 bits per heavy atom. The monoisotopic (exact) mass is 218 g/mol. The molecule has 84 valence electrons. The third-order valence-electron chi connectivity index (χ3n) is 3.52. The Hall–Kier alpha value is -1.35. The molecule has 1 aromatic heterocycles. The third kappa shape index (κ3) is 1.35. The van der Waals surface area contributed by atoms with Gasteiger partial charge in [0.25, 0.3) is 0 Å². The summed E-state index contributed by atoms with van der Waals surface area (Å²) in [6.45, 7) is 0. The molecule has 0 radical (unpaired) electrons. The molecule has 0 bridgehead atoms. The van der Waals surface area contributed by atoms with Gasteiger partial charge in [-0.05, 0) is 50.1 Å². The SMILES string of the molecule is CNC1CCCc2c1[nH]c1ccc(F)cc21. The summed E-state index contributed by atoms with van der Waals surface area (Å²) in [5.74, 6) is -0.152. The van der Waals surface area contributed by atoms with Gasteiger partial charge in [-0.3, -0.25) is 0 Å². The second-order valence-corrected chi connectivity index (χ2v) is 4.44. The van der Waals surface area contributed by atoms with Crippen LogP contribution in [0.2, 0.25) is 0 Å². The van der Waals surface area contributed by atoms with Crippen molar-refractivity contribution in [3.8, 4) is 0 Å². The van der Waals surface area contributed by atoms with Gasteiger partial charge in [0.15, 0.2) is 0 Å². The fourth-order valence-electron chi connectivity index (χ4n) is 2.72. The Kier molecular flexibility index (Phi) is 2.21. The van der Waals surface area contributed by atoms with Gasteiger partial charge in [-0.2, -0.15) is 0 Å². The van der Waals surface area contributed by atoms with Crippen LogP contribution in [0, 0.1) is 5.82 Å². The van der Waals surface area contributed by atoms with E-state index in [1.54, 1.807) is 6.07 Å². The van der Waals surface area contributed by atoms with E-state index in [-0.39, 0.29) is 5.82 Å². The van der Waals surface area contributed by atoms with E-state index in [1.165, 1.54) is 23.7 Å². The smallest absolute Gasteiger partial charge is 0.123 e. The molecule has 0 saturated heterocycles. The van der Waals surface area contributed by atoms with Gasteiger partial charge in [0.1, 0.15) is 5.82 Å². The highest BCUT2D eigenvalue weighted by Gasteiger charge is 2.22. The van der Waals surface area contributed by atoms with Gasteiger partial charge >= 0.3 is 0 Å². The zero-order chi connectivity index (χ0) is 11.1. The average molecular weight is 218 g/mol. The predicted octanol–water partition coefficient (Wildman–Crippen LogP) is 2.90. The van der Waals surface area contributed by atoms with Gasteiger partial charge in [0.2, 0.25) is 0 Å². The van der Waals surface area contributed by atoms with Crippen LogP contribution < -0.4 is 5.32 Å². The van der Waals surface area contributed by atoms with Crippen molar-refractivity contribution >= 4 is 10.9 Å². The number of hydrogen-bond donors (Lipinski definition) is 2. The van der Waals surface area contributed by atoms with Crippen LogP contribution in [0.1, 0.15) is 30.1 Å². The number of benzene rings is 1. The largest absolute Gasteiger partial charge is 0.357 e. The van der Waals surface area contributed by atoms with Crippen molar-refractivity contribution in [2.24, 2.45) is 0 Å². The summed E-state index contributed by atoms with van der Waals surface area (Å²) in [7, 11) is 1.98. The van der Waals surface area contributed by atoms with Crippen molar-refractivity contribution in [3.63, 3.8) is 0 Å². The highest BCUT2D eigenvalue weighted by molar-refractivity contribution is 5.85. The average Bonchev–Trinajstić information content (AvgIpc) is 2.67. The lowest BCUT2D eigenvalue weighted by atomic mass is 9.92. The maximum atomic E-state index is 13.2. The summed E-state index contributed by atoms with van der Waals surface area (Å²) in [6.07, 6.45) is 3.37. The molecule has 3 heteroatoms. The summed E-state index contributed by atoms with van der Waals surface area (Å²) in [6, 6.07) is 5.37. The highest BCUT2D eigenvalue weighted by Crippen LogP contribution is 2.34. The number of H-pyrrole nitrogens is 1. The lowest BCUT2D eigenvalue weighted by Crippen LogP contribution is -2.21. The zero-order valence-electron chi connectivity index (χ0n) is 9.31.